The minimum Gasteiger partial charge on any atom is -0.337 e. The fourth-order valence-corrected chi connectivity index (χ4v) is 3.02. The molecule has 0 aromatic carbocycles. The quantitative estimate of drug-likeness (QED) is 0.651. The van der Waals surface area contributed by atoms with Crippen LogP contribution in [0.25, 0.3) is 0 Å². The number of carbonyl (C=O) groups excluding carboxylic acids is 1. The lowest BCUT2D eigenvalue weighted by molar-refractivity contribution is 0.0756. The lowest BCUT2D eigenvalue weighted by Gasteiger charge is -2.20. The molecular formula is C13H20N4OS. The Balaban J connectivity index is 2.01. The largest absolute Gasteiger partial charge is 0.337 e. The van der Waals surface area contributed by atoms with E-state index >= 15 is 0 Å². The normalized spacial score (nSPS) is 19.9. The molecule has 0 spiro atoms. The van der Waals surface area contributed by atoms with Gasteiger partial charge >= 0.3 is 0 Å². The lowest BCUT2D eigenvalue weighted by atomic mass is 10.2. The van der Waals surface area contributed by atoms with Gasteiger partial charge in [0.1, 0.15) is 5.69 Å². The number of hydrogen-bond donors (Lipinski definition) is 2. The predicted molar refractivity (Wildman–Crippen MR) is 79.1 cm³/mol. The molecule has 1 aliphatic rings. The Morgan fingerprint density at radius 2 is 2.32 bits per heavy atom. The zero-order valence-corrected chi connectivity index (χ0v) is 11.9. The third-order valence-corrected chi connectivity index (χ3v) is 4.58. The van der Waals surface area contributed by atoms with Crippen molar-refractivity contribution in [3.8, 4) is 0 Å². The first-order valence-electron chi connectivity index (χ1n) is 6.49. The van der Waals surface area contributed by atoms with E-state index in [1.54, 1.807) is 18.3 Å². The van der Waals surface area contributed by atoms with Crippen LogP contribution in [0.4, 0.5) is 5.69 Å². The number of aromatic nitrogens is 1. The topological polar surface area (TPSA) is 71.2 Å². The van der Waals surface area contributed by atoms with Gasteiger partial charge in [-0.2, -0.15) is 11.8 Å². The number of hydrogen-bond acceptors (Lipinski definition) is 5. The van der Waals surface area contributed by atoms with Crippen molar-refractivity contribution in [2.24, 2.45) is 5.84 Å². The molecular weight excluding hydrogens is 260 g/mol. The maximum Gasteiger partial charge on any atom is 0.272 e. The standard InChI is InChI=1S/C13H20N4OS/c1-19-11-3-2-7-17(8-6-11)13(18)12-5-4-10(16-14)9-15-12/h4-5,9,11,16H,2-3,6-8,14H2,1H3. The molecule has 0 aliphatic carbocycles. The van der Waals surface area contributed by atoms with E-state index in [0.717, 1.165) is 25.9 Å². The average Bonchev–Trinajstić information content (AvgIpc) is 2.72. The zero-order chi connectivity index (χ0) is 13.7. The smallest absolute Gasteiger partial charge is 0.272 e. The van der Waals surface area contributed by atoms with Gasteiger partial charge in [0.25, 0.3) is 5.91 Å². The molecule has 6 heteroatoms. The average molecular weight is 280 g/mol. The molecule has 0 bridgehead atoms. The highest BCUT2D eigenvalue weighted by Gasteiger charge is 2.21. The van der Waals surface area contributed by atoms with Crippen LogP contribution in [0.1, 0.15) is 29.8 Å². The van der Waals surface area contributed by atoms with Gasteiger partial charge in [0.05, 0.1) is 11.9 Å². The molecule has 1 amide bonds. The molecule has 1 aliphatic heterocycles. The number of nitrogens with zero attached hydrogens (tertiary/aromatic N) is 2. The summed E-state index contributed by atoms with van der Waals surface area (Å²) < 4.78 is 0. The molecule has 2 rings (SSSR count). The fraction of sp³-hybridized carbons (Fsp3) is 0.538. The summed E-state index contributed by atoms with van der Waals surface area (Å²) in [4.78, 5) is 18.4. The van der Waals surface area contributed by atoms with E-state index in [4.69, 9.17) is 5.84 Å². The van der Waals surface area contributed by atoms with Crippen molar-refractivity contribution in [2.75, 3.05) is 24.8 Å². The minimum atomic E-state index is 0.0188. The van der Waals surface area contributed by atoms with E-state index in [9.17, 15) is 4.79 Å². The van der Waals surface area contributed by atoms with Gasteiger partial charge in [0, 0.05) is 18.3 Å². The number of rotatable bonds is 3. The second kappa shape index (κ2) is 6.77. The van der Waals surface area contributed by atoms with Gasteiger partial charge in [-0.1, -0.05) is 0 Å². The van der Waals surface area contributed by atoms with Crippen LogP contribution in [0, 0.1) is 0 Å². The molecule has 1 aromatic rings. The third kappa shape index (κ3) is 3.61. The molecule has 1 atom stereocenters. The molecule has 104 valence electrons. The SMILES string of the molecule is CSC1CCCN(C(=O)c2ccc(NN)cn2)CC1. The van der Waals surface area contributed by atoms with Gasteiger partial charge in [-0.05, 0) is 37.7 Å². The monoisotopic (exact) mass is 280 g/mol. The highest BCUT2D eigenvalue weighted by atomic mass is 32.2. The van der Waals surface area contributed by atoms with Crippen molar-refractivity contribution >= 4 is 23.4 Å². The van der Waals surface area contributed by atoms with E-state index in [-0.39, 0.29) is 5.91 Å². The molecule has 2 heterocycles. The van der Waals surface area contributed by atoms with Crippen molar-refractivity contribution in [3.05, 3.63) is 24.0 Å². The number of amides is 1. The maximum absolute atomic E-state index is 12.4. The van der Waals surface area contributed by atoms with Gasteiger partial charge in [-0.25, -0.2) is 4.98 Å². The van der Waals surface area contributed by atoms with E-state index in [1.807, 2.05) is 16.7 Å². The van der Waals surface area contributed by atoms with Crippen LogP contribution in [0.3, 0.4) is 0 Å². The van der Waals surface area contributed by atoms with E-state index < -0.39 is 0 Å². The van der Waals surface area contributed by atoms with Crippen molar-refractivity contribution < 1.29 is 4.79 Å². The Morgan fingerprint density at radius 1 is 1.47 bits per heavy atom. The summed E-state index contributed by atoms with van der Waals surface area (Å²) in [5.74, 6) is 5.30. The molecule has 0 radical (unpaired) electrons. The Labute approximate surface area is 117 Å². The highest BCUT2D eigenvalue weighted by molar-refractivity contribution is 7.99. The molecule has 19 heavy (non-hydrogen) atoms. The highest BCUT2D eigenvalue weighted by Crippen LogP contribution is 2.22. The van der Waals surface area contributed by atoms with Crippen LogP contribution < -0.4 is 11.3 Å². The second-order valence-electron chi connectivity index (χ2n) is 4.66. The first-order valence-corrected chi connectivity index (χ1v) is 7.78. The number of thioether (sulfide) groups is 1. The van der Waals surface area contributed by atoms with Crippen molar-refractivity contribution in [3.63, 3.8) is 0 Å². The first kappa shape index (κ1) is 14.1. The summed E-state index contributed by atoms with van der Waals surface area (Å²) >= 11 is 1.90. The predicted octanol–water partition coefficient (Wildman–Crippen LogP) is 1.72. The number of nitrogen functional groups attached to an aromatic ring is 1. The second-order valence-corrected chi connectivity index (χ2v) is 5.80. The Bertz CT molecular complexity index is 423. The summed E-state index contributed by atoms with van der Waals surface area (Å²) in [5, 5.41) is 0.676. The van der Waals surface area contributed by atoms with Gasteiger partial charge in [0.2, 0.25) is 0 Å². The zero-order valence-electron chi connectivity index (χ0n) is 11.1. The number of nitrogens with one attached hydrogen (secondary N) is 1. The summed E-state index contributed by atoms with van der Waals surface area (Å²) in [6.07, 6.45) is 7.04. The molecule has 0 saturated carbocycles. The van der Waals surface area contributed by atoms with Crippen LogP contribution in [0.5, 0.6) is 0 Å². The van der Waals surface area contributed by atoms with E-state index in [0.29, 0.717) is 16.6 Å². The lowest BCUT2D eigenvalue weighted by Crippen LogP contribution is -2.32. The number of carbonyl (C=O) groups is 1. The molecule has 3 N–H and O–H groups in total. The number of pyridine rings is 1. The van der Waals surface area contributed by atoms with Gasteiger partial charge < -0.3 is 10.3 Å². The maximum atomic E-state index is 12.4. The summed E-state index contributed by atoms with van der Waals surface area (Å²) in [6, 6.07) is 3.48. The molecule has 5 nitrogen and oxygen atoms in total. The first-order chi connectivity index (χ1) is 9.24. The van der Waals surface area contributed by atoms with Gasteiger partial charge in [0.15, 0.2) is 0 Å². The van der Waals surface area contributed by atoms with Crippen LogP contribution in [-0.4, -0.2) is 40.4 Å². The summed E-state index contributed by atoms with van der Waals surface area (Å²) in [5.41, 5.74) is 3.70. The van der Waals surface area contributed by atoms with Crippen LogP contribution in [0.2, 0.25) is 0 Å². The van der Waals surface area contributed by atoms with E-state index in [1.165, 1.54) is 6.42 Å². The minimum absolute atomic E-state index is 0.0188. The molecule has 1 fully saturated rings. The Morgan fingerprint density at radius 3 is 2.95 bits per heavy atom. The van der Waals surface area contributed by atoms with Crippen molar-refractivity contribution in [2.45, 2.75) is 24.5 Å². The fourth-order valence-electron chi connectivity index (χ4n) is 2.27. The third-order valence-electron chi connectivity index (χ3n) is 3.44. The molecule has 1 aromatic heterocycles. The summed E-state index contributed by atoms with van der Waals surface area (Å²) in [6.45, 7) is 1.65. The van der Waals surface area contributed by atoms with Crippen molar-refractivity contribution in [1.82, 2.24) is 9.88 Å². The number of anilines is 1. The Kier molecular flexibility index (Phi) is 5.04. The van der Waals surface area contributed by atoms with Crippen LogP contribution >= 0.6 is 11.8 Å². The Hall–Kier alpha value is -1.27. The van der Waals surface area contributed by atoms with Crippen LogP contribution in [0.15, 0.2) is 18.3 Å². The number of hydrazine groups is 1. The van der Waals surface area contributed by atoms with Gasteiger partial charge in [-0.3, -0.25) is 10.6 Å². The number of nitrogens with two attached hydrogens (primary N) is 1. The van der Waals surface area contributed by atoms with Crippen molar-refractivity contribution in [1.29, 1.82) is 0 Å². The molecule has 1 saturated heterocycles. The van der Waals surface area contributed by atoms with Crippen LogP contribution in [-0.2, 0) is 0 Å². The van der Waals surface area contributed by atoms with Gasteiger partial charge in [-0.15, -0.1) is 0 Å². The van der Waals surface area contributed by atoms with E-state index in [2.05, 4.69) is 16.7 Å². The summed E-state index contributed by atoms with van der Waals surface area (Å²) in [7, 11) is 0. The molecule has 1 unspecified atom stereocenters. The number of likely N-dealkylation sites (tertiary alicyclic amines) is 1.